The average Bonchev–Trinajstić information content (AvgIpc) is 2.88. The van der Waals surface area contributed by atoms with Crippen LogP contribution >= 0.6 is 0 Å². The summed E-state index contributed by atoms with van der Waals surface area (Å²) in [7, 11) is -2.12. The van der Waals surface area contributed by atoms with E-state index in [1.54, 1.807) is 48.5 Å². The van der Waals surface area contributed by atoms with Gasteiger partial charge in [0.1, 0.15) is 0 Å². The Balaban J connectivity index is 1.31. The van der Waals surface area contributed by atoms with Crippen LogP contribution in [0.5, 0.6) is 0 Å². The molecule has 2 aliphatic heterocycles. The molecule has 34 heavy (non-hydrogen) atoms. The second-order valence-corrected chi connectivity index (χ2v) is 11.3. The average molecular weight is 486 g/mol. The zero-order valence-electron chi connectivity index (χ0n) is 20.2. The van der Waals surface area contributed by atoms with Crippen molar-refractivity contribution in [3.8, 4) is 0 Å². The number of piperidine rings is 1. The van der Waals surface area contributed by atoms with E-state index in [2.05, 4.69) is 4.90 Å². The fourth-order valence-corrected chi connectivity index (χ4v) is 5.81. The molecule has 0 bridgehead atoms. The highest BCUT2D eigenvalue weighted by Gasteiger charge is 2.25. The fraction of sp³-hybridized carbons (Fsp3) is 0.500. The first-order valence-corrected chi connectivity index (χ1v) is 13.5. The number of benzene rings is 2. The van der Waals surface area contributed by atoms with Gasteiger partial charge in [0.15, 0.2) is 0 Å². The van der Waals surface area contributed by atoms with Crippen LogP contribution in [-0.4, -0.2) is 77.1 Å². The monoisotopic (exact) mass is 485 g/mol. The third-order valence-corrected chi connectivity index (χ3v) is 8.82. The maximum Gasteiger partial charge on any atom is 0.264 e. The van der Waals surface area contributed by atoms with Crippen molar-refractivity contribution in [2.24, 2.45) is 5.92 Å². The van der Waals surface area contributed by atoms with E-state index in [9.17, 15) is 13.2 Å². The van der Waals surface area contributed by atoms with Crippen molar-refractivity contribution >= 4 is 21.6 Å². The number of rotatable bonds is 7. The Morgan fingerprint density at radius 3 is 2.21 bits per heavy atom. The molecule has 1 amide bonds. The normalized spacial score (nSPS) is 18.1. The predicted octanol–water partition coefficient (Wildman–Crippen LogP) is 3.39. The van der Waals surface area contributed by atoms with Crippen molar-refractivity contribution in [3.63, 3.8) is 0 Å². The number of hydrogen-bond donors (Lipinski definition) is 0. The van der Waals surface area contributed by atoms with Gasteiger partial charge in [-0.3, -0.25) is 14.0 Å². The van der Waals surface area contributed by atoms with Gasteiger partial charge in [-0.25, -0.2) is 8.42 Å². The lowest BCUT2D eigenvalue weighted by Crippen LogP contribution is -2.40. The smallest absolute Gasteiger partial charge is 0.264 e. The Bertz CT molecular complexity index is 1060. The van der Waals surface area contributed by atoms with Gasteiger partial charge < -0.3 is 9.64 Å². The van der Waals surface area contributed by atoms with E-state index in [-0.39, 0.29) is 10.8 Å². The minimum Gasteiger partial charge on any atom is -0.379 e. The van der Waals surface area contributed by atoms with Gasteiger partial charge in [0, 0.05) is 38.8 Å². The molecule has 7 nitrogen and oxygen atoms in total. The van der Waals surface area contributed by atoms with Crippen LogP contribution in [0.3, 0.4) is 0 Å². The predicted molar refractivity (Wildman–Crippen MR) is 134 cm³/mol. The molecular weight excluding hydrogens is 450 g/mol. The minimum atomic E-state index is -3.65. The molecule has 2 fully saturated rings. The number of carbonyl (C=O) groups excluding carboxylic acids is 1. The van der Waals surface area contributed by atoms with Crippen LogP contribution in [-0.2, 0) is 14.8 Å². The summed E-state index contributed by atoms with van der Waals surface area (Å²) in [5, 5.41) is 0. The lowest BCUT2D eigenvalue weighted by molar-refractivity contribution is 0.0332. The Morgan fingerprint density at radius 2 is 1.59 bits per heavy atom. The molecule has 2 aliphatic rings. The van der Waals surface area contributed by atoms with Crippen LogP contribution < -0.4 is 4.31 Å². The molecule has 0 unspecified atom stereocenters. The summed E-state index contributed by atoms with van der Waals surface area (Å²) in [6.07, 6.45) is 3.25. The summed E-state index contributed by atoms with van der Waals surface area (Å²) >= 11 is 0. The number of anilines is 1. The van der Waals surface area contributed by atoms with E-state index in [1.165, 1.54) is 17.8 Å². The maximum atomic E-state index is 13.0. The molecule has 0 N–H and O–H groups in total. The number of nitrogens with zero attached hydrogens (tertiary/aromatic N) is 3. The number of likely N-dealkylation sites (tertiary alicyclic amines) is 1. The molecule has 0 radical (unpaired) electrons. The largest absolute Gasteiger partial charge is 0.379 e. The summed E-state index contributed by atoms with van der Waals surface area (Å²) in [6.45, 7) is 8.29. The zero-order valence-corrected chi connectivity index (χ0v) is 21.0. The number of sulfonamides is 1. The number of aryl methyl sites for hydroxylation is 1. The van der Waals surface area contributed by atoms with Gasteiger partial charge in [0.2, 0.25) is 0 Å². The molecule has 0 saturated carbocycles. The van der Waals surface area contributed by atoms with Crippen molar-refractivity contribution < 1.29 is 17.9 Å². The van der Waals surface area contributed by atoms with Crippen molar-refractivity contribution in [2.45, 2.75) is 31.1 Å². The molecule has 4 rings (SSSR count). The van der Waals surface area contributed by atoms with E-state index in [4.69, 9.17) is 4.74 Å². The summed E-state index contributed by atoms with van der Waals surface area (Å²) in [6, 6.07) is 13.7. The molecular formula is C26H35N3O4S. The highest BCUT2D eigenvalue weighted by molar-refractivity contribution is 7.92. The van der Waals surface area contributed by atoms with Gasteiger partial charge in [-0.1, -0.05) is 17.7 Å². The SMILES string of the molecule is Cc1ccc(S(=O)(=O)N(C)c2ccc(C(=O)N3CCC(CCN4CCOCC4)CC3)cc2)cc1. The molecule has 184 valence electrons. The lowest BCUT2D eigenvalue weighted by atomic mass is 9.93. The van der Waals surface area contributed by atoms with Gasteiger partial charge in [-0.15, -0.1) is 0 Å². The van der Waals surface area contributed by atoms with Crippen LogP contribution in [0.25, 0.3) is 0 Å². The third-order valence-electron chi connectivity index (χ3n) is 7.02. The van der Waals surface area contributed by atoms with Gasteiger partial charge in [0.05, 0.1) is 23.8 Å². The van der Waals surface area contributed by atoms with Gasteiger partial charge in [0.25, 0.3) is 15.9 Å². The molecule has 0 atom stereocenters. The third kappa shape index (κ3) is 5.79. The molecule has 8 heteroatoms. The van der Waals surface area contributed by atoms with Gasteiger partial charge in [-0.2, -0.15) is 0 Å². The van der Waals surface area contributed by atoms with Crippen LogP contribution in [0.1, 0.15) is 35.2 Å². The highest BCUT2D eigenvalue weighted by atomic mass is 32.2. The van der Waals surface area contributed by atoms with Crippen molar-refractivity contribution in [1.29, 1.82) is 0 Å². The van der Waals surface area contributed by atoms with Crippen molar-refractivity contribution in [2.75, 3.05) is 57.3 Å². The fourth-order valence-electron chi connectivity index (χ4n) is 4.62. The molecule has 2 aromatic rings. The number of hydrogen-bond acceptors (Lipinski definition) is 5. The van der Waals surface area contributed by atoms with Crippen LogP contribution in [0.15, 0.2) is 53.4 Å². The lowest BCUT2D eigenvalue weighted by Gasteiger charge is -2.34. The Kier molecular flexibility index (Phi) is 7.91. The number of amides is 1. The molecule has 2 saturated heterocycles. The van der Waals surface area contributed by atoms with Crippen molar-refractivity contribution in [1.82, 2.24) is 9.80 Å². The second kappa shape index (κ2) is 10.9. The number of morpholine rings is 1. The van der Waals surface area contributed by atoms with Crippen molar-refractivity contribution in [3.05, 3.63) is 59.7 Å². The first kappa shape index (κ1) is 24.7. The molecule has 0 aliphatic carbocycles. The van der Waals surface area contributed by atoms with E-state index >= 15 is 0 Å². The van der Waals surface area contributed by atoms with Crippen LogP contribution in [0.2, 0.25) is 0 Å². The van der Waals surface area contributed by atoms with E-state index < -0.39 is 10.0 Å². The Morgan fingerprint density at radius 1 is 0.971 bits per heavy atom. The van der Waals surface area contributed by atoms with Gasteiger partial charge >= 0.3 is 0 Å². The second-order valence-electron chi connectivity index (χ2n) is 9.31. The van der Waals surface area contributed by atoms with Crippen LogP contribution in [0, 0.1) is 12.8 Å². The summed E-state index contributed by atoms with van der Waals surface area (Å²) in [5.74, 6) is 0.678. The standard InChI is InChI=1S/C26H35N3O4S/c1-21-3-9-25(10-4-21)34(31,32)27(2)24-7-5-23(6-8-24)26(30)29-15-12-22(13-16-29)11-14-28-17-19-33-20-18-28/h3-10,22H,11-20H2,1-2H3. The Hall–Kier alpha value is -2.42. The number of carbonyl (C=O) groups is 1. The van der Waals surface area contributed by atoms with E-state index in [1.807, 2.05) is 11.8 Å². The molecule has 0 spiro atoms. The topological polar surface area (TPSA) is 70.2 Å². The summed E-state index contributed by atoms with van der Waals surface area (Å²) in [5.41, 5.74) is 2.13. The van der Waals surface area contributed by atoms with Crippen LogP contribution in [0.4, 0.5) is 5.69 Å². The zero-order chi connectivity index (χ0) is 24.1. The van der Waals surface area contributed by atoms with E-state index in [0.717, 1.165) is 64.3 Å². The number of ether oxygens (including phenoxy) is 1. The van der Waals surface area contributed by atoms with E-state index in [0.29, 0.717) is 17.2 Å². The highest BCUT2D eigenvalue weighted by Crippen LogP contribution is 2.25. The Labute approximate surface area is 203 Å². The molecule has 2 heterocycles. The quantitative estimate of drug-likeness (QED) is 0.601. The summed E-state index contributed by atoms with van der Waals surface area (Å²) < 4.78 is 32.5. The first-order valence-electron chi connectivity index (χ1n) is 12.1. The van der Waals surface area contributed by atoms with Gasteiger partial charge in [-0.05, 0) is 75.0 Å². The summed E-state index contributed by atoms with van der Waals surface area (Å²) in [4.78, 5) is 17.7. The molecule has 2 aromatic carbocycles. The first-order chi connectivity index (χ1) is 16.3. The molecule has 0 aromatic heterocycles. The maximum absolute atomic E-state index is 13.0. The minimum absolute atomic E-state index is 0.0159.